The maximum atomic E-state index is 5.86. The fourth-order valence-corrected chi connectivity index (χ4v) is 1.64. The molecule has 1 unspecified atom stereocenters. The second-order valence-corrected chi connectivity index (χ2v) is 3.98. The van der Waals surface area contributed by atoms with Crippen LogP contribution in [0.2, 0.25) is 0 Å². The molecule has 1 atom stereocenters. The summed E-state index contributed by atoms with van der Waals surface area (Å²) in [5.41, 5.74) is 8.59. The number of hydrogen-bond acceptors (Lipinski definition) is 4. The molecule has 0 fully saturated rings. The van der Waals surface area contributed by atoms with Crippen LogP contribution in [0, 0.1) is 6.92 Å². The molecule has 0 amide bonds. The minimum atomic E-state index is 0.0859. The van der Waals surface area contributed by atoms with Gasteiger partial charge in [0.1, 0.15) is 5.52 Å². The number of nitrogens with two attached hydrogens (primary N) is 1. The van der Waals surface area contributed by atoms with Crippen molar-refractivity contribution in [2.24, 2.45) is 0 Å². The maximum absolute atomic E-state index is 5.86. The average molecular weight is 220 g/mol. The fraction of sp³-hybridized carbons (Fsp3) is 0.455. The van der Waals surface area contributed by atoms with E-state index in [2.05, 4.69) is 9.97 Å². The summed E-state index contributed by atoms with van der Waals surface area (Å²) in [7, 11) is 1.68. The molecule has 0 bridgehead atoms. The Bertz CT molecular complexity index is 506. The summed E-state index contributed by atoms with van der Waals surface area (Å²) >= 11 is 0. The summed E-state index contributed by atoms with van der Waals surface area (Å²) in [6.07, 6.45) is 1.90. The highest BCUT2D eigenvalue weighted by atomic mass is 16.5. The second kappa shape index (κ2) is 4.09. The van der Waals surface area contributed by atoms with Crippen LogP contribution >= 0.6 is 0 Å². The van der Waals surface area contributed by atoms with Gasteiger partial charge in [0.2, 0.25) is 5.95 Å². The van der Waals surface area contributed by atoms with Crippen molar-refractivity contribution in [3.05, 3.63) is 17.8 Å². The topological polar surface area (TPSA) is 66.0 Å². The van der Waals surface area contributed by atoms with E-state index in [-0.39, 0.29) is 6.10 Å². The first kappa shape index (κ1) is 10.9. The number of nitrogens with zero attached hydrogens (tertiary/aromatic N) is 3. The number of imidazole rings is 1. The molecule has 2 rings (SSSR count). The summed E-state index contributed by atoms with van der Waals surface area (Å²) in [5, 5.41) is 0. The number of aromatic nitrogens is 3. The van der Waals surface area contributed by atoms with Crippen LogP contribution in [-0.2, 0) is 11.3 Å². The van der Waals surface area contributed by atoms with Gasteiger partial charge in [0, 0.05) is 13.3 Å². The Morgan fingerprint density at radius 1 is 1.56 bits per heavy atom. The number of fused-ring (bicyclic) bond motifs is 1. The predicted molar refractivity (Wildman–Crippen MR) is 63.1 cm³/mol. The number of hydrogen-bond donors (Lipinski definition) is 1. The van der Waals surface area contributed by atoms with E-state index in [1.807, 2.05) is 30.7 Å². The van der Waals surface area contributed by atoms with E-state index in [0.29, 0.717) is 12.5 Å². The molecule has 2 aromatic rings. The molecule has 0 radical (unpaired) electrons. The van der Waals surface area contributed by atoms with Crippen LogP contribution in [0.15, 0.2) is 12.3 Å². The maximum Gasteiger partial charge on any atom is 0.202 e. The standard InChI is InChI=1S/C11H16N4O/c1-7-4-9-10(13-5-7)15(11(12)14-9)6-8(2)16-3/h4-5,8H,6H2,1-3H3,(H2,12,14). The third-order valence-electron chi connectivity index (χ3n) is 2.59. The SMILES string of the molecule is COC(C)Cn1c(N)nc2cc(C)cnc21. The number of anilines is 1. The van der Waals surface area contributed by atoms with Gasteiger partial charge in [0.25, 0.3) is 0 Å². The minimum absolute atomic E-state index is 0.0859. The number of rotatable bonds is 3. The first-order chi connectivity index (χ1) is 7.61. The van der Waals surface area contributed by atoms with E-state index in [9.17, 15) is 0 Å². The fourth-order valence-electron chi connectivity index (χ4n) is 1.64. The van der Waals surface area contributed by atoms with E-state index < -0.39 is 0 Å². The molecule has 0 aliphatic heterocycles. The smallest absolute Gasteiger partial charge is 0.202 e. The van der Waals surface area contributed by atoms with Gasteiger partial charge in [-0.2, -0.15) is 0 Å². The summed E-state index contributed by atoms with van der Waals surface area (Å²) in [4.78, 5) is 8.64. The molecule has 86 valence electrons. The lowest BCUT2D eigenvalue weighted by Crippen LogP contribution is -2.16. The number of ether oxygens (including phenoxy) is 1. The number of aryl methyl sites for hydroxylation is 1. The highest BCUT2D eigenvalue weighted by molar-refractivity contribution is 5.74. The van der Waals surface area contributed by atoms with Gasteiger partial charge in [-0.15, -0.1) is 0 Å². The molecule has 0 aliphatic carbocycles. The average Bonchev–Trinajstić information content (AvgIpc) is 2.54. The van der Waals surface area contributed by atoms with Crippen LogP contribution in [0.3, 0.4) is 0 Å². The Morgan fingerprint density at radius 2 is 2.31 bits per heavy atom. The summed E-state index contributed by atoms with van der Waals surface area (Å²) in [6.45, 7) is 4.63. The van der Waals surface area contributed by atoms with Crippen molar-refractivity contribution in [3.8, 4) is 0 Å². The summed E-state index contributed by atoms with van der Waals surface area (Å²) < 4.78 is 7.10. The van der Waals surface area contributed by atoms with E-state index in [1.165, 1.54) is 0 Å². The molecular weight excluding hydrogens is 204 g/mol. The van der Waals surface area contributed by atoms with Crippen LogP contribution in [0.1, 0.15) is 12.5 Å². The number of nitrogen functional groups attached to an aromatic ring is 1. The van der Waals surface area contributed by atoms with E-state index in [0.717, 1.165) is 16.7 Å². The van der Waals surface area contributed by atoms with Crippen molar-refractivity contribution >= 4 is 17.1 Å². The molecule has 0 aromatic carbocycles. The number of methoxy groups -OCH3 is 1. The predicted octanol–water partition coefficient (Wildman–Crippen LogP) is 1.36. The highest BCUT2D eigenvalue weighted by Crippen LogP contribution is 2.17. The Morgan fingerprint density at radius 3 is 3.00 bits per heavy atom. The quantitative estimate of drug-likeness (QED) is 0.848. The lowest BCUT2D eigenvalue weighted by atomic mass is 10.3. The van der Waals surface area contributed by atoms with Gasteiger partial charge in [-0.3, -0.25) is 4.57 Å². The van der Waals surface area contributed by atoms with Gasteiger partial charge in [-0.05, 0) is 25.5 Å². The molecule has 2 heterocycles. The van der Waals surface area contributed by atoms with E-state index in [4.69, 9.17) is 10.5 Å². The zero-order chi connectivity index (χ0) is 11.7. The molecule has 0 saturated carbocycles. The van der Waals surface area contributed by atoms with Gasteiger partial charge in [-0.25, -0.2) is 9.97 Å². The van der Waals surface area contributed by atoms with Crippen LogP contribution < -0.4 is 5.73 Å². The molecule has 16 heavy (non-hydrogen) atoms. The van der Waals surface area contributed by atoms with Crippen molar-refractivity contribution < 1.29 is 4.74 Å². The molecule has 0 saturated heterocycles. The van der Waals surface area contributed by atoms with E-state index >= 15 is 0 Å². The Hall–Kier alpha value is -1.62. The van der Waals surface area contributed by atoms with Gasteiger partial charge in [-0.1, -0.05) is 0 Å². The van der Waals surface area contributed by atoms with Gasteiger partial charge < -0.3 is 10.5 Å². The number of pyridine rings is 1. The zero-order valence-electron chi connectivity index (χ0n) is 9.77. The highest BCUT2D eigenvalue weighted by Gasteiger charge is 2.11. The molecular formula is C11H16N4O. The van der Waals surface area contributed by atoms with Crippen LogP contribution in [0.25, 0.3) is 11.2 Å². The molecule has 2 aromatic heterocycles. The van der Waals surface area contributed by atoms with Crippen molar-refractivity contribution in [2.75, 3.05) is 12.8 Å². The van der Waals surface area contributed by atoms with Gasteiger partial charge >= 0.3 is 0 Å². The van der Waals surface area contributed by atoms with Crippen molar-refractivity contribution in [1.29, 1.82) is 0 Å². The lowest BCUT2D eigenvalue weighted by Gasteiger charge is -2.11. The summed E-state index contributed by atoms with van der Waals surface area (Å²) in [5.74, 6) is 0.483. The van der Waals surface area contributed by atoms with Crippen LogP contribution in [0.4, 0.5) is 5.95 Å². The third kappa shape index (κ3) is 1.86. The minimum Gasteiger partial charge on any atom is -0.380 e. The zero-order valence-corrected chi connectivity index (χ0v) is 9.77. The van der Waals surface area contributed by atoms with Crippen molar-refractivity contribution in [2.45, 2.75) is 26.5 Å². The van der Waals surface area contributed by atoms with Gasteiger partial charge in [0.05, 0.1) is 12.6 Å². The van der Waals surface area contributed by atoms with E-state index in [1.54, 1.807) is 7.11 Å². The van der Waals surface area contributed by atoms with Gasteiger partial charge in [0.15, 0.2) is 5.65 Å². The Balaban J connectivity index is 2.47. The largest absolute Gasteiger partial charge is 0.380 e. The molecule has 5 nitrogen and oxygen atoms in total. The molecule has 2 N–H and O–H groups in total. The monoisotopic (exact) mass is 220 g/mol. The van der Waals surface area contributed by atoms with Crippen LogP contribution in [0.5, 0.6) is 0 Å². The first-order valence-corrected chi connectivity index (χ1v) is 5.23. The second-order valence-electron chi connectivity index (χ2n) is 3.98. The first-order valence-electron chi connectivity index (χ1n) is 5.23. The normalized spacial score (nSPS) is 13.2. The molecule has 0 aliphatic rings. The molecule has 0 spiro atoms. The molecule has 5 heteroatoms. The van der Waals surface area contributed by atoms with Crippen LogP contribution in [-0.4, -0.2) is 27.7 Å². The Labute approximate surface area is 94.2 Å². The third-order valence-corrected chi connectivity index (χ3v) is 2.59. The Kier molecular flexibility index (Phi) is 2.78. The lowest BCUT2D eigenvalue weighted by molar-refractivity contribution is 0.104. The summed E-state index contributed by atoms with van der Waals surface area (Å²) in [6, 6.07) is 1.98. The van der Waals surface area contributed by atoms with Crippen molar-refractivity contribution in [3.63, 3.8) is 0 Å². The van der Waals surface area contributed by atoms with Crippen molar-refractivity contribution in [1.82, 2.24) is 14.5 Å².